The van der Waals surface area contributed by atoms with Crippen LogP contribution in [0, 0.1) is 11.8 Å². The summed E-state index contributed by atoms with van der Waals surface area (Å²) in [4.78, 5) is 92.0. The van der Waals surface area contributed by atoms with Crippen molar-refractivity contribution in [2.24, 2.45) is 11.8 Å². The first-order chi connectivity index (χ1) is 36.6. The maximum absolute atomic E-state index is 15.1. The maximum Gasteiger partial charge on any atom is 0.247 e. The summed E-state index contributed by atoms with van der Waals surface area (Å²) >= 11 is 12.8. The Labute approximate surface area is 453 Å². The largest absolute Gasteiger partial charge is 0.457 e. The van der Waals surface area contributed by atoms with Crippen molar-refractivity contribution >= 4 is 58.6 Å². The minimum atomic E-state index is -1.21. The van der Waals surface area contributed by atoms with Gasteiger partial charge in [0, 0.05) is 93.5 Å². The summed E-state index contributed by atoms with van der Waals surface area (Å²) in [5, 5.41) is 18.9. The van der Waals surface area contributed by atoms with Gasteiger partial charge in [0.25, 0.3) is 0 Å². The van der Waals surface area contributed by atoms with E-state index in [2.05, 4.69) is 26.1 Å². The molecular weight excluding hydrogens is 1010 g/mol. The molecule has 3 aliphatic rings. The fourth-order valence-electron chi connectivity index (χ4n) is 9.96. The Morgan fingerprint density at radius 3 is 2.22 bits per heavy atom. The number of rotatable bonds is 12. The highest BCUT2D eigenvalue weighted by molar-refractivity contribution is 6.31. The highest BCUT2D eigenvalue weighted by atomic mass is 35.5. The molecule has 2 fully saturated rings. The molecule has 4 heterocycles. The second-order valence-electron chi connectivity index (χ2n) is 20.0. The van der Waals surface area contributed by atoms with E-state index in [1.54, 1.807) is 68.4 Å². The quantitative estimate of drug-likeness (QED) is 0.142. The van der Waals surface area contributed by atoms with E-state index < -0.39 is 47.8 Å². The first-order valence-electron chi connectivity index (χ1n) is 25.7. The van der Waals surface area contributed by atoms with Crippen molar-refractivity contribution in [2.45, 2.75) is 89.8 Å². The van der Waals surface area contributed by atoms with Gasteiger partial charge in [-0.3, -0.25) is 28.8 Å². The van der Waals surface area contributed by atoms with E-state index in [0.29, 0.717) is 64.9 Å². The fourth-order valence-corrected chi connectivity index (χ4v) is 10.3. The van der Waals surface area contributed by atoms with Crippen molar-refractivity contribution < 1.29 is 38.2 Å². The number of nitrogens with zero attached hydrogens (tertiary/aromatic N) is 7. The number of aromatic nitrogens is 3. The molecular formula is C56H66Cl2N10O8. The Morgan fingerprint density at radius 1 is 0.789 bits per heavy atom. The van der Waals surface area contributed by atoms with Crippen molar-refractivity contribution in [2.75, 3.05) is 54.0 Å². The number of ether oxygens (including phenoxy) is 2. The topological polar surface area (TPSA) is 201 Å². The van der Waals surface area contributed by atoms with Crippen LogP contribution >= 0.6 is 23.2 Å². The number of carbonyl (C=O) groups excluding carboxylic acids is 6. The average Bonchev–Trinajstić information content (AvgIpc) is 4.13. The standard InChI is InChI=1S/C56H66Cl2N10O8/c1-35-30-60-50(69)29-45(26-38-11-16-43(57)17-12-38)65(4)56(74)47(34-75-5)61-53(71)36(2)68(51(70)27-42(54(72)64(35)3)25-37-9-7-6-8-10-37)32-41-13-18-44(58)28-48(41)76-46-19-14-39(15-20-46)52-63-62-49-33-66(23-24-67(49)52)55(73)40-21-22-59-31-40/h6-20,28,35-36,40,42,45,47,59H,21-27,29-34H2,1-5H3,(H,60,69)(H,61,71)/t35-,36-,40-,42+,45-,47-/m0/s1. The molecule has 6 atom stereocenters. The average molecular weight is 1080 g/mol. The lowest BCUT2D eigenvalue weighted by Gasteiger charge is -2.35. The third-order valence-electron chi connectivity index (χ3n) is 14.7. The molecule has 18 nitrogen and oxygen atoms in total. The van der Waals surface area contributed by atoms with Crippen molar-refractivity contribution in [3.8, 4) is 22.9 Å². The van der Waals surface area contributed by atoms with Crippen LogP contribution < -0.4 is 20.7 Å². The number of hydrogen-bond donors (Lipinski definition) is 3. The zero-order chi connectivity index (χ0) is 54.0. The molecule has 20 heteroatoms. The first-order valence-corrected chi connectivity index (χ1v) is 26.5. The SMILES string of the molecule is COC[C@@H]1NC(=O)[C@H](C)N(Cc2ccc(Cl)cc2Oc2ccc(-c3nnc4n3CCN(C(=O)[C@H]3CCNC3)C4)cc2)C(=O)C[C@@H](Cc2ccccc2)C(=O)N(C)[C@@H](C)CNC(=O)C[C@H](Cc2ccc(Cl)cc2)N(C)C1=O. The molecule has 0 radical (unpaired) electrons. The van der Waals surface area contributed by atoms with E-state index in [9.17, 15) is 24.0 Å². The molecule has 5 aromatic rings. The minimum Gasteiger partial charge on any atom is -0.457 e. The van der Waals surface area contributed by atoms with Crippen LogP contribution in [0.5, 0.6) is 11.5 Å². The molecule has 0 bridgehead atoms. The second-order valence-corrected chi connectivity index (χ2v) is 20.8. The number of fused-ring (bicyclic) bond motifs is 1. The van der Waals surface area contributed by atoms with Crippen molar-refractivity contribution in [1.82, 2.24) is 50.3 Å². The van der Waals surface area contributed by atoms with Crippen molar-refractivity contribution in [1.29, 1.82) is 0 Å². The summed E-state index contributed by atoms with van der Waals surface area (Å²) in [5.41, 5.74) is 2.96. The number of benzene rings is 4. The van der Waals surface area contributed by atoms with Crippen LogP contribution in [0.15, 0.2) is 97.1 Å². The Bertz CT molecular complexity index is 2860. The predicted octanol–water partition coefficient (Wildman–Crippen LogP) is 5.53. The van der Waals surface area contributed by atoms with E-state index in [1.807, 2.05) is 71.0 Å². The molecule has 76 heavy (non-hydrogen) atoms. The molecule has 8 rings (SSSR count). The van der Waals surface area contributed by atoms with Gasteiger partial charge in [-0.2, -0.15) is 0 Å². The summed E-state index contributed by atoms with van der Waals surface area (Å²) in [5.74, 6) is -0.939. The lowest BCUT2D eigenvalue weighted by Crippen LogP contribution is -2.57. The summed E-state index contributed by atoms with van der Waals surface area (Å²) in [6.45, 7) is 6.16. The van der Waals surface area contributed by atoms with E-state index in [1.165, 1.54) is 16.9 Å². The van der Waals surface area contributed by atoms with Gasteiger partial charge < -0.3 is 49.6 Å². The van der Waals surface area contributed by atoms with Gasteiger partial charge in [-0.1, -0.05) is 71.7 Å². The van der Waals surface area contributed by atoms with Gasteiger partial charge in [0.2, 0.25) is 35.4 Å². The van der Waals surface area contributed by atoms with E-state index in [-0.39, 0.29) is 69.0 Å². The lowest BCUT2D eigenvalue weighted by atomic mass is 9.93. The van der Waals surface area contributed by atoms with Gasteiger partial charge in [0.05, 0.1) is 31.5 Å². The first kappa shape index (κ1) is 55.4. The molecule has 2 saturated heterocycles. The van der Waals surface area contributed by atoms with Crippen LogP contribution in [0.25, 0.3) is 11.4 Å². The second kappa shape index (κ2) is 25.3. The van der Waals surface area contributed by atoms with Crippen LogP contribution in [0.4, 0.5) is 0 Å². The number of nitrogens with one attached hydrogen (secondary N) is 3. The smallest absolute Gasteiger partial charge is 0.247 e. The Kier molecular flexibility index (Phi) is 18.4. The zero-order valence-corrected chi connectivity index (χ0v) is 45.1. The molecule has 0 spiro atoms. The van der Waals surface area contributed by atoms with Crippen molar-refractivity contribution in [3.05, 3.63) is 130 Å². The molecule has 0 saturated carbocycles. The number of hydrogen-bond acceptors (Lipinski definition) is 11. The molecule has 3 N–H and O–H groups in total. The summed E-state index contributed by atoms with van der Waals surface area (Å²) in [6.07, 6.45) is 0.963. The van der Waals surface area contributed by atoms with Crippen molar-refractivity contribution in [3.63, 3.8) is 0 Å². The summed E-state index contributed by atoms with van der Waals surface area (Å²) < 4.78 is 14.0. The number of amides is 6. The Morgan fingerprint density at radius 2 is 1.51 bits per heavy atom. The van der Waals surface area contributed by atoms with Crippen LogP contribution in [0.1, 0.15) is 55.6 Å². The van der Waals surface area contributed by atoms with E-state index in [4.69, 9.17) is 32.7 Å². The summed E-state index contributed by atoms with van der Waals surface area (Å²) in [6, 6.07) is 25.3. The van der Waals surface area contributed by atoms with Gasteiger partial charge in [0.15, 0.2) is 11.6 Å². The number of methoxy groups -OCH3 is 1. The number of halogens is 2. The third-order valence-corrected chi connectivity index (χ3v) is 15.2. The van der Waals surface area contributed by atoms with Crippen LogP contribution in [0.2, 0.25) is 10.0 Å². The molecule has 6 amide bonds. The van der Waals surface area contributed by atoms with Gasteiger partial charge in [-0.25, -0.2) is 0 Å². The maximum atomic E-state index is 15.1. The minimum absolute atomic E-state index is 0.0205. The van der Waals surface area contributed by atoms with Gasteiger partial charge in [0.1, 0.15) is 23.6 Å². The number of likely N-dealkylation sites (N-methyl/N-ethyl adjacent to an activating group) is 2. The van der Waals surface area contributed by atoms with Gasteiger partial charge in [-0.05, 0) is 99.3 Å². The zero-order valence-electron chi connectivity index (χ0n) is 43.5. The van der Waals surface area contributed by atoms with Crippen LogP contribution in [0.3, 0.4) is 0 Å². The monoisotopic (exact) mass is 1080 g/mol. The molecule has 3 aliphatic heterocycles. The Hall–Kier alpha value is -6.86. The van der Waals surface area contributed by atoms with Gasteiger partial charge >= 0.3 is 0 Å². The van der Waals surface area contributed by atoms with Gasteiger partial charge in [-0.15, -0.1) is 10.2 Å². The molecule has 0 aliphatic carbocycles. The van der Waals surface area contributed by atoms with E-state index >= 15 is 4.79 Å². The highest BCUT2D eigenvalue weighted by Crippen LogP contribution is 2.33. The number of carbonyl (C=O) groups is 6. The molecule has 402 valence electrons. The van der Waals surface area contributed by atoms with E-state index in [0.717, 1.165) is 29.7 Å². The predicted molar refractivity (Wildman–Crippen MR) is 287 cm³/mol. The molecule has 4 aromatic carbocycles. The molecule has 0 unspecified atom stereocenters. The summed E-state index contributed by atoms with van der Waals surface area (Å²) in [7, 11) is 4.64. The van der Waals surface area contributed by atoms with Crippen LogP contribution in [-0.2, 0) is 66.0 Å². The highest BCUT2D eigenvalue weighted by Gasteiger charge is 2.37. The molecule has 1 aromatic heterocycles. The normalized spacial score (nSPS) is 22.4. The van der Waals surface area contributed by atoms with Crippen LogP contribution in [-0.4, -0.2) is 148 Å². The fraction of sp³-hybridized carbons (Fsp3) is 0.429. The Balaban J connectivity index is 1.08. The third kappa shape index (κ3) is 13.6. The lowest BCUT2D eigenvalue weighted by molar-refractivity contribution is -0.147.